The highest BCUT2D eigenvalue weighted by Crippen LogP contribution is 2.23. The van der Waals surface area contributed by atoms with Gasteiger partial charge in [0.25, 0.3) is 17.6 Å². The zero-order chi connectivity index (χ0) is 31.4. The minimum absolute atomic E-state index is 0.0696. The fourth-order valence-corrected chi connectivity index (χ4v) is 6.38. The van der Waals surface area contributed by atoms with Crippen LogP contribution in [0.4, 0.5) is 11.6 Å². The molecule has 0 aliphatic carbocycles. The normalized spacial score (nSPS) is 13.8. The molecule has 232 valence electrons. The van der Waals surface area contributed by atoms with Gasteiger partial charge < -0.3 is 36.1 Å². The van der Waals surface area contributed by atoms with E-state index >= 15 is 0 Å². The van der Waals surface area contributed by atoms with Crippen molar-refractivity contribution in [2.75, 3.05) is 49.3 Å². The fourth-order valence-electron chi connectivity index (χ4n) is 5.21. The Labute approximate surface area is 262 Å². The number of fused-ring (bicyclic) bond motifs is 1. The number of nitrogens with two attached hydrogens (primary N) is 2. The summed E-state index contributed by atoms with van der Waals surface area (Å²) >= 11 is 5.11. The molecule has 2 aromatic carbocycles. The number of aliphatic hydroxyl groups excluding tert-OH is 1. The number of benzene rings is 2. The molecule has 6 N–H and O–H groups in total. The average molecular weight is 642 g/mol. The number of aliphatic hydroxyl groups is 1. The van der Waals surface area contributed by atoms with Crippen molar-refractivity contribution in [2.45, 2.75) is 26.6 Å². The number of ether oxygens (including phenoxy) is 1. The molecule has 0 atom stereocenters. The number of nitrogen functional groups attached to an aromatic ring is 2. The van der Waals surface area contributed by atoms with E-state index in [0.29, 0.717) is 49.0 Å². The molecular formula is C29H34ClN8O5S+. The van der Waals surface area contributed by atoms with Crippen molar-refractivity contribution in [1.82, 2.24) is 24.8 Å². The van der Waals surface area contributed by atoms with E-state index in [2.05, 4.69) is 24.4 Å². The molecule has 13 nitrogen and oxygen atoms in total. The van der Waals surface area contributed by atoms with Crippen LogP contribution < -0.4 is 26.1 Å². The van der Waals surface area contributed by atoms with E-state index in [1.807, 2.05) is 43.3 Å². The fraction of sp³-hybridized carbons (Fsp3) is 0.345. The third-order valence-electron chi connectivity index (χ3n) is 7.33. The molecule has 0 radical (unpaired) electrons. The van der Waals surface area contributed by atoms with E-state index in [-0.39, 0.29) is 48.1 Å². The van der Waals surface area contributed by atoms with Gasteiger partial charge in [0.1, 0.15) is 37.0 Å². The van der Waals surface area contributed by atoms with Gasteiger partial charge in [0.15, 0.2) is 33.5 Å². The number of nitrogens with zero attached hydrogens (tertiary/aromatic N) is 5. The second-order valence-electron chi connectivity index (χ2n) is 10.1. The van der Waals surface area contributed by atoms with Gasteiger partial charge in [-0.25, -0.2) is 19.1 Å². The predicted octanol–water partition coefficient (Wildman–Crippen LogP) is 1.11. The lowest BCUT2D eigenvalue weighted by molar-refractivity contribution is -0.671. The van der Waals surface area contributed by atoms with Crippen LogP contribution in [-0.4, -0.2) is 78.7 Å². The first kappa shape index (κ1) is 31.3. The number of anilines is 2. The van der Waals surface area contributed by atoms with Crippen LogP contribution in [0.5, 0.6) is 5.75 Å². The molecule has 0 unspecified atom stereocenters. The zero-order valence-corrected chi connectivity index (χ0v) is 25.7. The summed E-state index contributed by atoms with van der Waals surface area (Å²) in [4.78, 5) is 36.0. The van der Waals surface area contributed by atoms with Crippen LogP contribution in [0, 0.1) is 0 Å². The maximum absolute atomic E-state index is 13.2. The van der Waals surface area contributed by atoms with Crippen LogP contribution in [0.15, 0.2) is 42.5 Å². The quantitative estimate of drug-likeness (QED) is 0.145. The number of carbonyl (C=O) groups is 2. The zero-order valence-electron chi connectivity index (χ0n) is 24.2. The summed E-state index contributed by atoms with van der Waals surface area (Å²) in [6, 6.07) is 13.1. The maximum atomic E-state index is 13.2. The van der Waals surface area contributed by atoms with Gasteiger partial charge >= 0.3 is 0 Å². The first-order chi connectivity index (χ1) is 21.2. The first-order valence-corrected chi connectivity index (χ1v) is 15.9. The van der Waals surface area contributed by atoms with Crippen LogP contribution >= 0.6 is 11.6 Å². The molecule has 3 heterocycles. The Bertz CT molecular complexity index is 1690. The molecule has 15 heteroatoms. The number of amides is 2. The Morgan fingerprint density at radius 1 is 1.16 bits per heavy atom. The van der Waals surface area contributed by atoms with Crippen LogP contribution in [-0.2, 0) is 30.8 Å². The second kappa shape index (κ2) is 13.7. The summed E-state index contributed by atoms with van der Waals surface area (Å²) in [5, 5.41) is 12.0. The van der Waals surface area contributed by atoms with E-state index in [0.717, 1.165) is 22.4 Å². The molecule has 1 aliphatic heterocycles. The number of carbonyl (C=O) groups excluding carboxylic acids is 2. The summed E-state index contributed by atoms with van der Waals surface area (Å²) in [7, 11) is 0. The first-order valence-electron chi connectivity index (χ1n) is 14.1. The minimum Gasteiger partial charge on any atom is -0.616 e. The number of imidazole rings is 1. The molecule has 2 aromatic heterocycles. The number of aromatic nitrogens is 4. The van der Waals surface area contributed by atoms with Gasteiger partial charge in [0.2, 0.25) is 0 Å². The Hall–Kier alpha value is -4.11. The van der Waals surface area contributed by atoms with Crippen LogP contribution in [0.25, 0.3) is 11.0 Å². The van der Waals surface area contributed by atoms with Crippen LogP contribution in [0.2, 0.25) is 5.15 Å². The lowest BCUT2D eigenvalue weighted by Gasteiger charge is -2.28. The molecular weight excluding hydrogens is 608 g/mol. The second-order valence-corrected chi connectivity index (χ2v) is 12.2. The van der Waals surface area contributed by atoms with Crippen molar-refractivity contribution >= 4 is 57.3 Å². The van der Waals surface area contributed by atoms with E-state index in [9.17, 15) is 19.2 Å². The number of aryl methyl sites for hydroxylation is 1. The van der Waals surface area contributed by atoms with Gasteiger partial charge in [0, 0.05) is 11.6 Å². The number of halogens is 1. The summed E-state index contributed by atoms with van der Waals surface area (Å²) in [5.74, 6) is 1.45. The molecule has 44 heavy (non-hydrogen) atoms. The Morgan fingerprint density at radius 3 is 2.66 bits per heavy atom. The number of rotatable bonds is 10. The van der Waals surface area contributed by atoms with E-state index in [1.54, 1.807) is 11.0 Å². The molecule has 5 rings (SSSR count). The van der Waals surface area contributed by atoms with Gasteiger partial charge in [-0.05, 0) is 36.8 Å². The maximum Gasteiger partial charge on any atom is 0.277 e. The van der Waals surface area contributed by atoms with Crippen molar-refractivity contribution in [3.05, 3.63) is 70.3 Å². The average Bonchev–Trinajstić information content (AvgIpc) is 3.31. The minimum atomic E-state index is -0.882. The van der Waals surface area contributed by atoms with Gasteiger partial charge in [-0.2, -0.15) is 0 Å². The molecule has 0 spiro atoms. The molecule has 0 bridgehead atoms. The van der Waals surface area contributed by atoms with Gasteiger partial charge in [-0.3, -0.25) is 9.59 Å². The van der Waals surface area contributed by atoms with Crippen LogP contribution in [0.1, 0.15) is 39.2 Å². The molecule has 1 saturated heterocycles. The topological polar surface area (TPSA) is 189 Å². The van der Waals surface area contributed by atoms with Crippen molar-refractivity contribution in [3.63, 3.8) is 0 Å². The molecule has 1 fully saturated rings. The van der Waals surface area contributed by atoms with Gasteiger partial charge in [0.05, 0.1) is 26.2 Å². The largest absolute Gasteiger partial charge is 0.616 e. The van der Waals surface area contributed by atoms with Crippen molar-refractivity contribution in [2.24, 2.45) is 0 Å². The van der Waals surface area contributed by atoms with Gasteiger partial charge in [-0.15, -0.1) is 0 Å². The van der Waals surface area contributed by atoms with Crippen molar-refractivity contribution in [1.29, 1.82) is 0 Å². The van der Waals surface area contributed by atoms with E-state index in [1.165, 1.54) is 0 Å². The van der Waals surface area contributed by atoms with Gasteiger partial charge in [-0.1, -0.05) is 34.9 Å². The Balaban J connectivity index is 1.49. The molecule has 1 aliphatic rings. The summed E-state index contributed by atoms with van der Waals surface area (Å²) in [6.07, 6.45) is 0. The highest BCUT2D eigenvalue weighted by atomic mass is 35.5. The third-order valence-corrected chi connectivity index (χ3v) is 8.89. The highest BCUT2D eigenvalue weighted by molar-refractivity contribution is 7.91. The summed E-state index contributed by atoms with van der Waals surface area (Å²) in [5.41, 5.74) is 14.6. The monoisotopic (exact) mass is 641 g/mol. The van der Waals surface area contributed by atoms with Crippen molar-refractivity contribution in [3.8, 4) is 5.75 Å². The highest BCUT2D eigenvalue weighted by Gasteiger charge is 2.28. The molecule has 0 saturated carbocycles. The van der Waals surface area contributed by atoms with Crippen molar-refractivity contribution < 1.29 is 28.6 Å². The third kappa shape index (κ3) is 6.68. The SMILES string of the molecule is CCn1c(CNC(=O)c2nc(Cl)c(N)nc2N)[n+](Cc2cccc(C(=O)N3CC[S+]([O-])CC3)c2)c2ccc(OCCO)cc21. The smallest absolute Gasteiger partial charge is 0.277 e. The summed E-state index contributed by atoms with van der Waals surface area (Å²) in [6.45, 7) is 4.03. The molecule has 4 aromatic rings. The lowest BCUT2D eigenvalue weighted by Crippen LogP contribution is -2.44. The number of nitrogens with one attached hydrogen (secondary N) is 1. The lowest BCUT2D eigenvalue weighted by atomic mass is 10.1. The standard InChI is InChI=1S/C29H33ClN8O5S/c1-2-37-22-15-20(43-11-10-39)6-7-21(22)38(23(37)16-33-28(40)24-26(31)35-27(32)25(30)34-24)17-18-4-3-5-19(14-18)29(41)36-8-12-44(42)13-9-36/h3-7,14-15,39H,2,8-13,16-17H2,1H3,(H4-,31,32,33,35,40)/p+1. The van der Waals surface area contributed by atoms with Crippen LogP contribution in [0.3, 0.4) is 0 Å². The number of hydrogen-bond donors (Lipinski definition) is 4. The predicted molar refractivity (Wildman–Crippen MR) is 167 cm³/mol. The Kier molecular flexibility index (Phi) is 9.74. The number of hydrogen-bond acceptors (Lipinski definition) is 9. The van der Waals surface area contributed by atoms with E-state index in [4.69, 9.17) is 27.8 Å². The van der Waals surface area contributed by atoms with E-state index < -0.39 is 17.1 Å². The Morgan fingerprint density at radius 2 is 1.93 bits per heavy atom. The summed E-state index contributed by atoms with van der Waals surface area (Å²) < 4.78 is 21.6. The molecule has 2 amide bonds.